The molecule has 1 heterocycles. The number of nitrogens with zero attached hydrogens (tertiary/aromatic N) is 1. The maximum atomic E-state index is 4.33. The molecule has 2 rings (SSSR count). The largest absolute Gasteiger partial charge is 0.316 e. The van der Waals surface area contributed by atoms with Crippen LogP contribution in [0.2, 0.25) is 0 Å². The van der Waals surface area contributed by atoms with E-state index >= 15 is 0 Å². The number of halogens is 1. The lowest BCUT2D eigenvalue weighted by molar-refractivity contribution is 0.171. The molecule has 3 heteroatoms. The molecular formula is C18H29BrN2. The third-order valence-corrected chi connectivity index (χ3v) is 5.35. The van der Waals surface area contributed by atoms with Crippen LogP contribution in [0.4, 0.5) is 0 Å². The topological polar surface area (TPSA) is 24.9 Å². The van der Waals surface area contributed by atoms with E-state index in [0.717, 1.165) is 28.8 Å². The second kappa shape index (κ2) is 8.89. The molecule has 3 atom stereocenters. The first-order valence-electron chi connectivity index (χ1n) is 8.53. The van der Waals surface area contributed by atoms with Gasteiger partial charge in [-0.15, -0.1) is 0 Å². The highest BCUT2D eigenvalue weighted by molar-refractivity contribution is 9.10. The minimum Gasteiger partial charge on any atom is -0.316 e. The minimum absolute atomic E-state index is 0.809. The maximum absolute atomic E-state index is 4.33. The van der Waals surface area contributed by atoms with E-state index in [1.807, 2.05) is 12.4 Å². The molecule has 0 aromatic carbocycles. The summed E-state index contributed by atoms with van der Waals surface area (Å²) >= 11 is 3.54. The molecule has 0 amide bonds. The molecule has 1 aromatic heterocycles. The highest BCUT2D eigenvalue weighted by Gasteiger charge is 2.29. The molecule has 2 nitrogen and oxygen atoms in total. The zero-order valence-electron chi connectivity index (χ0n) is 13.4. The van der Waals surface area contributed by atoms with Crippen LogP contribution < -0.4 is 5.32 Å². The van der Waals surface area contributed by atoms with Crippen molar-refractivity contribution in [1.29, 1.82) is 0 Å². The minimum atomic E-state index is 0.809. The van der Waals surface area contributed by atoms with Gasteiger partial charge in [0.2, 0.25) is 0 Å². The number of rotatable bonds is 7. The Kier molecular flexibility index (Phi) is 7.18. The third kappa shape index (κ3) is 5.37. The normalized spacial score (nSPS) is 26.0. The summed E-state index contributed by atoms with van der Waals surface area (Å²) in [4.78, 5) is 4.33. The van der Waals surface area contributed by atoms with Crippen molar-refractivity contribution in [2.24, 2.45) is 17.8 Å². The van der Waals surface area contributed by atoms with Crippen LogP contribution in [0.3, 0.4) is 0 Å². The van der Waals surface area contributed by atoms with Gasteiger partial charge in [0.1, 0.15) is 0 Å². The highest BCUT2D eigenvalue weighted by atomic mass is 79.9. The molecular weight excluding hydrogens is 324 g/mol. The highest BCUT2D eigenvalue weighted by Crippen LogP contribution is 2.37. The Bertz CT molecular complexity index is 419. The molecule has 1 saturated carbocycles. The van der Waals surface area contributed by atoms with Gasteiger partial charge in [-0.2, -0.15) is 0 Å². The fraction of sp³-hybridized carbons (Fsp3) is 0.722. The number of hydrogen-bond acceptors (Lipinski definition) is 2. The van der Waals surface area contributed by atoms with Crippen LogP contribution in [0.1, 0.15) is 51.5 Å². The summed E-state index contributed by atoms with van der Waals surface area (Å²) in [6, 6.07) is 2.24. The van der Waals surface area contributed by atoms with Gasteiger partial charge >= 0.3 is 0 Å². The van der Waals surface area contributed by atoms with E-state index in [9.17, 15) is 0 Å². The van der Waals surface area contributed by atoms with Gasteiger partial charge < -0.3 is 5.32 Å². The second-order valence-corrected chi connectivity index (χ2v) is 7.44. The van der Waals surface area contributed by atoms with Crippen LogP contribution in [0, 0.1) is 17.8 Å². The molecule has 0 saturated heterocycles. The molecule has 0 bridgehead atoms. The molecule has 0 spiro atoms. The van der Waals surface area contributed by atoms with E-state index in [-0.39, 0.29) is 0 Å². The molecule has 0 radical (unpaired) electrons. The lowest BCUT2D eigenvalue weighted by Crippen LogP contribution is -2.34. The SMILES string of the molecule is CCCNCC1CCC(CC)CC1Cc1cncc(Br)c1. The number of pyridine rings is 1. The quantitative estimate of drug-likeness (QED) is 0.711. The Morgan fingerprint density at radius 2 is 2.10 bits per heavy atom. The molecule has 0 aliphatic heterocycles. The van der Waals surface area contributed by atoms with Gasteiger partial charge in [-0.05, 0) is 84.1 Å². The Morgan fingerprint density at radius 1 is 1.24 bits per heavy atom. The van der Waals surface area contributed by atoms with E-state index in [0.29, 0.717) is 0 Å². The number of nitrogens with one attached hydrogen (secondary N) is 1. The van der Waals surface area contributed by atoms with Crippen molar-refractivity contribution in [1.82, 2.24) is 10.3 Å². The summed E-state index contributed by atoms with van der Waals surface area (Å²) in [7, 11) is 0. The van der Waals surface area contributed by atoms with E-state index in [1.165, 1.54) is 50.6 Å². The van der Waals surface area contributed by atoms with Crippen LogP contribution in [0.5, 0.6) is 0 Å². The summed E-state index contributed by atoms with van der Waals surface area (Å²) in [6.07, 6.45) is 11.9. The maximum Gasteiger partial charge on any atom is 0.0410 e. The smallest absolute Gasteiger partial charge is 0.0410 e. The first-order valence-corrected chi connectivity index (χ1v) is 9.32. The van der Waals surface area contributed by atoms with Crippen molar-refractivity contribution in [2.75, 3.05) is 13.1 Å². The van der Waals surface area contributed by atoms with Crippen LogP contribution in [-0.4, -0.2) is 18.1 Å². The average molecular weight is 353 g/mol. The van der Waals surface area contributed by atoms with Crippen molar-refractivity contribution in [3.8, 4) is 0 Å². The zero-order chi connectivity index (χ0) is 15.1. The van der Waals surface area contributed by atoms with Crippen molar-refractivity contribution >= 4 is 15.9 Å². The van der Waals surface area contributed by atoms with Crippen molar-refractivity contribution < 1.29 is 0 Å². The van der Waals surface area contributed by atoms with Crippen molar-refractivity contribution in [3.63, 3.8) is 0 Å². The third-order valence-electron chi connectivity index (χ3n) is 4.92. The molecule has 1 aromatic rings. The first-order chi connectivity index (χ1) is 10.2. The Hall–Kier alpha value is -0.410. The zero-order valence-corrected chi connectivity index (χ0v) is 15.0. The fourth-order valence-corrected chi connectivity index (χ4v) is 4.06. The summed E-state index contributed by atoms with van der Waals surface area (Å²) in [5.74, 6) is 2.57. The predicted molar refractivity (Wildman–Crippen MR) is 93.4 cm³/mol. The number of hydrogen-bond donors (Lipinski definition) is 1. The molecule has 1 aliphatic carbocycles. The summed E-state index contributed by atoms with van der Waals surface area (Å²) in [5, 5.41) is 3.64. The summed E-state index contributed by atoms with van der Waals surface area (Å²) in [6.45, 7) is 6.93. The number of aromatic nitrogens is 1. The Labute approximate surface area is 138 Å². The average Bonchev–Trinajstić information content (AvgIpc) is 2.49. The van der Waals surface area contributed by atoms with Crippen LogP contribution in [0.25, 0.3) is 0 Å². The van der Waals surface area contributed by atoms with Gasteiger partial charge in [-0.1, -0.05) is 26.7 Å². The van der Waals surface area contributed by atoms with E-state index in [1.54, 1.807) is 0 Å². The Morgan fingerprint density at radius 3 is 2.81 bits per heavy atom. The first kappa shape index (κ1) is 17.0. The van der Waals surface area contributed by atoms with Gasteiger partial charge in [-0.3, -0.25) is 4.98 Å². The van der Waals surface area contributed by atoms with Crippen molar-refractivity contribution in [2.45, 2.75) is 52.4 Å². The lowest BCUT2D eigenvalue weighted by Gasteiger charge is -2.36. The molecule has 21 heavy (non-hydrogen) atoms. The molecule has 1 fully saturated rings. The monoisotopic (exact) mass is 352 g/mol. The van der Waals surface area contributed by atoms with Crippen LogP contribution in [-0.2, 0) is 6.42 Å². The summed E-state index contributed by atoms with van der Waals surface area (Å²) in [5.41, 5.74) is 1.38. The van der Waals surface area contributed by atoms with Crippen LogP contribution in [0.15, 0.2) is 22.9 Å². The molecule has 3 unspecified atom stereocenters. The summed E-state index contributed by atoms with van der Waals surface area (Å²) < 4.78 is 1.10. The second-order valence-electron chi connectivity index (χ2n) is 6.53. The molecule has 1 aliphatic rings. The molecule has 118 valence electrons. The van der Waals surface area contributed by atoms with Gasteiger partial charge in [0.15, 0.2) is 0 Å². The van der Waals surface area contributed by atoms with E-state index in [4.69, 9.17) is 0 Å². The molecule has 1 N–H and O–H groups in total. The van der Waals surface area contributed by atoms with Gasteiger partial charge in [0.25, 0.3) is 0 Å². The van der Waals surface area contributed by atoms with Gasteiger partial charge in [-0.25, -0.2) is 0 Å². The standard InChI is InChI=1S/C18H29BrN2/c1-3-7-20-12-16-6-5-14(4-2)8-17(16)9-15-10-18(19)13-21-11-15/h10-11,13-14,16-17,20H,3-9,12H2,1-2H3. The van der Waals surface area contributed by atoms with E-state index < -0.39 is 0 Å². The van der Waals surface area contributed by atoms with E-state index in [2.05, 4.69) is 46.1 Å². The predicted octanol–water partition coefficient (Wildman–Crippen LogP) is 4.83. The van der Waals surface area contributed by atoms with Crippen LogP contribution >= 0.6 is 15.9 Å². The van der Waals surface area contributed by atoms with Gasteiger partial charge in [0.05, 0.1) is 0 Å². The fourth-order valence-electron chi connectivity index (χ4n) is 3.65. The van der Waals surface area contributed by atoms with Crippen molar-refractivity contribution in [3.05, 3.63) is 28.5 Å². The lowest BCUT2D eigenvalue weighted by atomic mass is 9.71. The van der Waals surface area contributed by atoms with Gasteiger partial charge in [0, 0.05) is 16.9 Å². The Balaban J connectivity index is 1.98.